The van der Waals surface area contributed by atoms with Gasteiger partial charge in [0.05, 0.1) is 0 Å². The third kappa shape index (κ3) is 3.94. The zero-order chi connectivity index (χ0) is 24.6. The molecule has 0 N–H and O–H groups in total. The number of hydrogen-bond acceptors (Lipinski definition) is 6. The van der Waals surface area contributed by atoms with E-state index in [0.29, 0.717) is 0 Å². The summed E-state index contributed by atoms with van der Waals surface area (Å²) in [7, 11) is 0. The van der Waals surface area contributed by atoms with Gasteiger partial charge < -0.3 is 0 Å². The van der Waals surface area contributed by atoms with Crippen LogP contribution in [0.25, 0.3) is 48.8 Å². The highest BCUT2D eigenvalue weighted by atomic mass is 32.1. The van der Waals surface area contributed by atoms with Crippen LogP contribution in [0.15, 0.2) is 48.5 Å². The zero-order valence-corrected chi connectivity index (χ0v) is 25.4. The molecular formula is C30H24S6. The molecule has 1 aliphatic rings. The van der Waals surface area contributed by atoms with E-state index in [4.69, 9.17) is 0 Å². The van der Waals surface area contributed by atoms with E-state index in [1.54, 1.807) is 11.1 Å². The van der Waals surface area contributed by atoms with Crippen molar-refractivity contribution in [2.24, 2.45) is 0 Å². The Balaban J connectivity index is 1.19. The summed E-state index contributed by atoms with van der Waals surface area (Å²) in [6, 6.07) is 18.8. The van der Waals surface area contributed by atoms with Gasteiger partial charge in [0.15, 0.2) is 0 Å². The van der Waals surface area contributed by atoms with Gasteiger partial charge in [-0.3, -0.25) is 0 Å². The quantitative estimate of drug-likeness (QED) is 0.196. The van der Waals surface area contributed by atoms with E-state index in [0.717, 1.165) is 0 Å². The molecule has 0 radical (unpaired) electrons. The van der Waals surface area contributed by atoms with E-state index in [1.807, 2.05) is 68.0 Å². The number of aryl methyl sites for hydroxylation is 6. The van der Waals surface area contributed by atoms with E-state index in [-0.39, 0.29) is 0 Å². The second-order valence-corrected chi connectivity index (χ2v) is 16.3. The first kappa shape index (κ1) is 23.3. The SMILES string of the molecule is Cc1cc(C)c(-c2ccc(-c3ccc(-c4sc(-c5cc6c(s5)-c5sc(C)cc5CC6)cc4C)s3)s2)s1. The van der Waals surface area contributed by atoms with Crippen LogP contribution < -0.4 is 0 Å². The largest absolute Gasteiger partial charge is 0.139 e. The van der Waals surface area contributed by atoms with Crippen LogP contribution in [0.3, 0.4) is 0 Å². The number of fused-ring (bicyclic) bond motifs is 3. The predicted octanol–water partition coefficient (Wildman–Crippen LogP) is 11.7. The Morgan fingerprint density at radius 3 is 1.56 bits per heavy atom. The van der Waals surface area contributed by atoms with Gasteiger partial charge in [-0.15, -0.1) is 68.0 Å². The monoisotopic (exact) mass is 576 g/mol. The molecule has 0 unspecified atom stereocenters. The van der Waals surface area contributed by atoms with Crippen molar-refractivity contribution in [3.05, 3.63) is 80.5 Å². The van der Waals surface area contributed by atoms with Crippen molar-refractivity contribution in [1.29, 1.82) is 0 Å². The van der Waals surface area contributed by atoms with E-state index in [9.17, 15) is 0 Å². The van der Waals surface area contributed by atoms with E-state index >= 15 is 0 Å². The lowest BCUT2D eigenvalue weighted by atomic mass is 9.98. The maximum Gasteiger partial charge on any atom is 0.0484 e. The second kappa shape index (κ2) is 8.90. The summed E-state index contributed by atoms with van der Waals surface area (Å²) in [6.45, 7) is 8.93. The Kier molecular flexibility index (Phi) is 5.77. The van der Waals surface area contributed by atoms with Gasteiger partial charge in [0.1, 0.15) is 0 Å². The number of thiophene rings is 6. The standard InChI is InChI=1S/C30H24S6/c1-15-11-17(3)31-27(15)23-9-7-21(33-23)22-8-10-24(34-22)28-16(2)12-25(35-28)26-14-20-6-5-19-13-18(4)32-29(19)30(20)36-26/h7-14H,5-6H2,1-4H3. The molecule has 36 heavy (non-hydrogen) atoms. The summed E-state index contributed by atoms with van der Waals surface area (Å²) in [5.74, 6) is 0. The molecule has 0 saturated heterocycles. The molecule has 0 atom stereocenters. The summed E-state index contributed by atoms with van der Waals surface area (Å²) in [5.41, 5.74) is 5.87. The Hall–Kier alpha value is -1.80. The van der Waals surface area contributed by atoms with Crippen molar-refractivity contribution in [3.8, 4) is 48.8 Å². The normalized spacial score (nSPS) is 12.8. The fourth-order valence-electron chi connectivity index (χ4n) is 5.06. The second-order valence-electron chi connectivity index (χ2n) is 9.50. The molecule has 6 aromatic heterocycles. The van der Waals surface area contributed by atoms with Gasteiger partial charge >= 0.3 is 0 Å². The molecule has 0 aromatic carbocycles. The Morgan fingerprint density at radius 1 is 0.417 bits per heavy atom. The Morgan fingerprint density at radius 2 is 0.889 bits per heavy atom. The maximum absolute atomic E-state index is 2.47. The Bertz CT molecular complexity index is 1740. The highest BCUT2D eigenvalue weighted by Crippen LogP contribution is 2.50. The minimum Gasteiger partial charge on any atom is -0.139 e. The first-order chi connectivity index (χ1) is 17.4. The first-order valence-electron chi connectivity index (χ1n) is 12.0. The smallest absolute Gasteiger partial charge is 0.0484 e. The zero-order valence-electron chi connectivity index (χ0n) is 20.5. The van der Waals surface area contributed by atoms with Crippen LogP contribution in [0.1, 0.15) is 32.0 Å². The molecule has 0 amide bonds. The highest BCUT2D eigenvalue weighted by molar-refractivity contribution is 7.30. The van der Waals surface area contributed by atoms with Crippen molar-refractivity contribution >= 4 is 68.0 Å². The predicted molar refractivity (Wildman–Crippen MR) is 167 cm³/mol. The molecule has 6 aromatic rings. The van der Waals surface area contributed by atoms with Crippen molar-refractivity contribution in [1.82, 2.24) is 0 Å². The highest BCUT2D eigenvalue weighted by Gasteiger charge is 2.23. The maximum atomic E-state index is 2.47. The molecule has 180 valence electrons. The van der Waals surface area contributed by atoms with E-state index in [2.05, 4.69) is 76.2 Å². The number of hydrogen-bond donors (Lipinski definition) is 0. The molecule has 0 spiro atoms. The third-order valence-electron chi connectivity index (χ3n) is 6.72. The minimum absolute atomic E-state index is 1.17. The fourth-order valence-corrected chi connectivity index (χ4v) is 12.3. The van der Waals surface area contributed by atoms with Crippen molar-refractivity contribution in [3.63, 3.8) is 0 Å². The lowest BCUT2D eigenvalue weighted by molar-refractivity contribution is 0.957. The van der Waals surface area contributed by atoms with Crippen LogP contribution in [0.5, 0.6) is 0 Å². The van der Waals surface area contributed by atoms with Gasteiger partial charge in [-0.1, -0.05) is 0 Å². The van der Waals surface area contributed by atoms with E-state index < -0.39 is 0 Å². The number of rotatable bonds is 4. The molecule has 1 aliphatic carbocycles. The Labute approximate surface area is 236 Å². The summed E-state index contributed by atoms with van der Waals surface area (Å²) >= 11 is 11.7. The van der Waals surface area contributed by atoms with Crippen LogP contribution in [0.4, 0.5) is 0 Å². The van der Waals surface area contributed by atoms with Crippen molar-refractivity contribution in [2.45, 2.75) is 40.5 Å². The lowest BCUT2D eigenvalue weighted by Gasteiger charge is -2.10. The summed E-state index contributed by atoms with van der Waals surface area (Å²) < 4.78 is 0. The minimum atomic E-state index is 1.17. The summed E-state index contributed by atoms with van der Waals surface area (Å²) in [6.07, 6.45) is 2.36. The van der Waals surface area contributed by atoms with Gasteiger partial charge in [-0.05, 0) is 111 Å². The van der Waals surface area contributed by atoms with Crippen LogP contribution >= 0.6 is 68.0 Å². The van der Waals surface area contributed by atoms with Gasteiger partial charge in [-0.25, -0.2) is 0 Å². The average molecular weight is 577 g/mol. The summed E-state index contributed by atoms with van der Waals surface area (Å²) in [4.78, 5) is 17.0. The molecular weight excluding hydrogens is 553 g/mol. The van der Waals surface area contributed by atoms with Crippen LogP contribution in [0, 0.1) is 27.7 Å². The van der Waals surface area contributed by atoms with Crippen molar-refractivity contribution in [2.75, 3.05) is 0 Å². The molecule has 0 bridgehead atoms. The molecule has 0 nitrogen and oxygen atoms in total. The van der Waals surface area contributed by atoms with Crippen LogP contribution in [0.2, 0.25) is 0 Å². The first-order valence-corrected chi connectivity index (χ1v) is 16.9. The van der Waals surface area contributed by atoms with Crippen molar-refractivity contribution < 1.29 is 0 Å². The average Bonchev–Trinajstić information content (AvgIpc) is 3.65. The fraction of sp³-hybridized carbons (Fsp3) is 0.200. The van der Waals surface area contributed by atoms with Gasteiger partial charge in [0.25, 0.3) is 0 Å². The molecule has 7 rings (SSSR count). The molecule has 0 fully saturated rings. The summed E-state index contributed by atoms with van der Waals surface area (Å²) in [5, 5.41) is 0. The van der Waals surface area contributed by atoms with Crippen LogP contribution in [-0.4, -0.2) is 0 Å². The topological polar surface area (TPSA) is 0 Å². The van der Waals surface area contributed by atoms with Gasteiger partial charge in [-0.2, -0.15) is 0 Å². The molecule has 0 saturated carbocycles. The van der Waals surface area contributed by atoms with Gasteiger partial charge in [0, 0.05) is 58.5 Å². The van der Waals surface area contributed by atoms with Gasteiger partial charge in [0.2, 0.25) is 0 Å². The van der Waals surface area contributed by atoms with E-state index in [1.165, 1.54) is 82.5 Å². The lowest BCUT2D eigenvalue weighted by Crippen LogP contribution is -1.96. The third-order valence-corrected chi connectivity index (χ3v) is 14.5. The molecule has 6 heteroatoms. The molecule has 6 heterocycles. The van der Waals surface area contributed by atoms with Crippen LogP contribution in [-0.2, 0) is 12.8 Å². The molecule has 0 aliphatic heterocycles.